The number of hydrazone groups is 1. The number of piperazine rings is 1. The quantitative estimate of drug-likeness (QED) is 0.386. The van der Waals surface area contributed by atoms with Crippen LogP contribution in [0, 0.1) is 10.1 Å². The molecule has 1 aliphatic heterocycles. The van der Waals surface area contributed by atoms with E-state index in [-0.39, 0.29) is 10.6 Å². The molecule has 0 unspecified atom stereocenters. The summed E-state index contributed by atoms with van der Waals surface area (Å²) in [4.78, 5) is 12.3. The second kappa shape index (κ2) is 8.77. The molecule has 6 heteroatoms. The first kappa shape index (κ1) is 20.2. The first-order chi connectivity index (χ1) is 15.7. The van der Waals surface area contributed by atoms with Gasteiger partial charge in [-0.3, -0.25) is 15.1 Å². The van der Waals surface area contributed by atoms with Crippen LogP contribution < -0.4 is 4.90 Å². The highest BCUT2D eigenvalue weighted by Gasteiger charge is 2.37. The maximum atomic E-state index is 11.1. The molecular formula is C26H25N4O2+. The highest BCUT2D eigenvalue weighted by Crippen LogP contribution is 2.41. The van der Waals surface area contributed by atoms with E-state index < -0.39 is 0 Å². The maximum Gasteiger partial charge on any atom is 0.276 e. The van der Waals surface area contributed by atoms with Gasteiger partial charge in [-0.1, -0.05) is 60.7 Å². The molecule has 3 aromatic rings. The van der Waals surface area contributed by atoms with Gasteiger partial charge in [0.25, 0.3) is 5.69 Å². The van der Waals surface area contributed by atoms with Gasteiger partial charge in [-0.25, -0.2) is 0 Å². The van der Waals surface area contributed by atoms with Crippen LogP contribution in [0.5, 0.6) is 0 Å². The second-order valence-corrected chi connectivity index (χ2v) is 8.16. The average molecular weight is 426 g/mol. The summed E-state index contributed by atoms with van der Waals surface area (Å²) in [5.74, 6) is 0. The fraction of sp³-hybridized carbons (Fsp3) is 0.192. The number of benzene rings is 3. The average Bonchev–Trinajstić information content (AvgIpc) is 3.17. The molecule has 3 aromatic carbocycles. The Morgan fingerprint density at radius 1 is 0.906 bits per heavy atom. The first-order valence-electron chi connectivity index (χ1n) is 10.9. The smallest absolute Gasteiger partial charge is 0.276 e. The summed E-state index contributed by atoms with van der Waals surface area (Å²) in [5.41, 5.74) is 6.26. The number of nitro groups is 1. The van der Waals surface area contributed by atoms with Gasteiger partial charge in [0.1, 0.15) is 6.04 Å². The van der Waals surface area contributed by atoms with Crippen molar-refractivity contribution in [3.63, 3.8) is 0 Å². The number of nitrogens with one attached hydrogen (secondary N) is 1. The largest absolute Gasteiger partial charge is 0.322 e. The van der Waals surface area contributed by atoms with Gasteiger partial charge in [0.15, 0.2) is 0 Å². The minimum atomic E-state index is -0.363. The Morgan fingerprint density at radius 3 is 2.16 bits per heavy atom. The molecular weight excluding hydrogens is 400 g/mol. The van der Waals surface area contributed by atoms with E-state index in [1.165, 1.54) is 28.3 Å². The lowest BCUT2D eigenvalue weighted by Crippen LogP contribution is -3.14. The molecule has 5 rings (SSSR count). The van der Waals surface area contributed by atoms with Crippen molar-refractivity contribution >= 4 is 18.0 Å². The number of allylic oxidation sites excluding steroid dienone is 1. The van der Waals surface area contributed by atoms with Gasteiger partial charge in [-0.2, -0.15) is 5.10 Å². The SMILES string of the molecule is O=[N+]([O-])c1ccccc1/C=C/C=N\N1CC[NH+](C2c3ccccc3-c3ccccc32)CC1. The van der Waals surface area contributed by atoms with E-state index in [2.05, 4.69) is 58.6 Å². The summed E-state index contributed by atoms with van der Waals surface area (Å²) in [6, 6.07) is 24.6. The summed E-state index contributed by atoms with van der Waals surface area (Å²) in [5, 5.41) is 17.8. The van der Waals surface area contributed by atoms with Gasteiger partial charge in [0.05, 0.1) is 36.7 Å². The van der Waals surface area contributed by atoms with Crippen LogP contribution in [0.2, 0.25) is 0 Å². The van der Waals surface area contributed by atoms with Crippen LogP contribution in [0.3, 0.4) is 0 Å². The van der Waals surface area contributed by atoms with Gasteiger partial charge in [0.2, 0.25) is 0 Å². The Bertz CT molecular complexity index is 1150. The number of nitrogens with zero attached hydrogens (tertiary/aromatic N) is 3. The van der Waals surface area contributed by atoms with Crippen LogP contribution in [-0.2, 0) is 0 Å². The van der Waals surface area contributed by atoms with Crippen LogP contribution in [0.1, 0.15) is 22.7 Å². The molecule has 1 heterocycles. The number of nitro benzene ring substituents is 1. The number of quaternary nitrogens is 1. The fourth-order valence-electron chi connectivity index (χ4n) is 4.86. The summed E-state index contributed by atoms with van der Waals surface area (Å²) in [6.07, 6.45) is 5.22. The monoisotopic (exact) mass is 425 g/mol. The molecule has 160 valence electrons. The minimum Gasteiger partial charge on any atom is -0.322 e. The fourth-order valence-corrected chi connectivity index (χ4v) is 4.86. The van der Waals surface area contributed by atoms with Crippen molar-refractivity contribution in [2.45, 2.75) is 6.04 Å². The van der Waals surface area contributed by atoms with Crippen molar-refractivity contribution in [2.75, 3.05) is 26.2 Å². The van der Waals surface area contributed by atoms with Crippen LogP contribution >= 0.6 is 0 Å². The molecule has 6 nitrogen and oxygen atoms in total. The number of para-hydroxylation sites is 1. The predicted octanol–water partition coefficient (Wildman–Crippen LogP) is 3.56. The minimum absolute atomic E-state index is 0.103. The van der Waals surface area contributed by atoms with Gasteiger partial charge < -0.3 is 4.90 Å². The van der Waals surface area contributed by atoms with Gasteiger partial charge >= 0.3 is 0 Å². The number of fused-ring (bicyclic) bond motifs is 3. The van der Waals surface area contributed by atoms with E-state index >= 15 is 0 Å². The second-order valence-electron chi connectivity index (χ2n) is 8.16. The predicted molar refractivity (Wildman–Crippen MR) is 127 cm³/mol. The van der Waals surface area contributed by atoms with E-state index in [1.807, 2.05) is 0 Å². The van der Waals surface area contributed by atoms with Gasteiger partial charge in [-0.05, 0) is 29.3 Å². The molecule has 0 amide bonds. The van der Waals surface area contributed by atoms with Crippen LogP contribution in [0.15, 0.2) is 84.0 Å². The Kier molecular flexibility index (Phi) is 5.52. The number of rotatable bonds is 5. The zero-order chi connectivity index (χ0) is 21.9. The van der Waals surface area contributed by atoms with E-state index in [0.717, 1.165) is 26.2 Å². The highest BCUT2D eigenvalue weighted by atomic mass is 16.6. The van der Waals surface area contributed by atoms with Crippen LogP contribution in [0.4, 0.5) is 5.69 Å². The molecule has 2 aliphatic rings. The summed E-state index contributed by atoms with van der Waals surface area (Å²) in [7, 11) is 0. The molecule has 0 aromatic heterocycles. The van der Waals surface area contributed by atoms with Crippen molar-refractivity contribution in [3.05, 3.63) is 106 Å². The molecule has 1 saturated heterocycles. The summed E-state index contributed by atoms with van der Waals surface area (Å²) in [6.45, 7) is 3.79. The molecule has 1 N–H and O–H groups in total. The highest BCUT2D eigenvalue weighted by molar-refractivity contribution is 5.80. The normalized spacial score (nSPS) is 16.6. The van der Waals surface area contributed by atoms with Crippen molar-refractivity contribution in [3.8, 4) is 11.1 Å². The van der Waals surface area contributed by atoms with E-state index in [4.69, 9.17) is 0 Å². The number of hydrogen-bond donors (Lipinski definition) is 1. The van der Waals surface area contributed by atoms with E-state index in [0.29, 0.717) is 11.6 Å². The molecule has 32 heavy (non-hydrogen) atoms. The van der Waals surface area contributed by atoms with Crippen molar-refractivity contribution in [1.82, 2.24) is 5.01 Å². The topological polar surface area (TPSA) is 63.2 Å². The van der Waals surface area contributed by atoms with Gasteiger partial charge in [0, 0.05) is 23.4 Å². The lowest BCUT2D eigenvalue weighted by Gasteiger charge is -2.34. The van der Waals surface area contributed by atoms with Crippen molar-refractivity contribution < 1.29 is 9.82 Å². The van der Waals surface area contributed by atoms with Crippen LogP contribution in [-0.4, -0.2) is 42.3 Å². The molecule has 1 aliphatic carbocycles. The molecule has 1 fully saturated rings. The Labute approximate surface area is 187 Å². The first-order valence-corrected chi connectivity index (χ1v) is 10.9. The summed E-state index contributed by atoms with van der Waals surface area (Å²) >= 11 is 0. The summed E-state index contributed by atoms with van der Waals surface area (Å²) < 4.78 is 0. The standard InChI is InChI=1S/C26H24N4O2/c31-30(32)25-14-6-1-8-20(25)9-7-15-27-29-18-16-28(17-19-29)26-23-12-4-2-10-21(23)22-11-3-5-13-24(22)26/h1-15,26H,16-19H2/p+1/b9-7+,27-15-. The zero-order valence-electron chi connectivity index (χ0n) is 17.7. The van der Waals surface area contributed by atoms with Crippen molar-refractivity contribution in [2.24, 2.45) is 5.10 Å². The maximum absolute atomic E-state index is 11.1. The lowest BCUT2D eigenvalue weighted by atomic mass is 10.0. The molecule has 0 bridgehead atoms. The Balaban J connectivity index is 1.24. The van der Waals surface area contributed by atoms with E-state index in [1.54, 1.807) is 41.5 Å². The third-order valence-electron chi connectivity index (χ3n) is 6.35. The van der Waals surface area contributed by atoms with E-state index in [9.17, 15) is 10.1 Å². The molecule has 0 radical (unpaired) electrons. The zero-order valence-corrected chi connectivity index (χ0v) is 17.7. The molecule has 0 spiro atoms. The van der Waals surface area contributed by atoms with Crippen molar-refractivity contribution in [1.29, 1.82) is 0 Å². The third kappa shape index (κ3) is 3.81. The van der Waals surface area contributed by atoms with Crippen LogP contribution in [0.25, 0.3) is 17.2 Å². The van der Waals surface area contributed by atoms with Gasteiger partial charge in [-0.15, -0.1) is 0 Å². The third-order valence-corrected chi connectivity index (χ3v) is 6.35. The Hall–Kier alpha value is -3.77. The Morgan fingerprint density at radius 2 is 1.50 bits per heavy atom. The molecule has 0 saturated carbocycles. The molecule has 0 atom stereocenters. The lowest BCUT2D eigenvalue weighted by molar-refractivity contribution is -0.929. The number of hydrogen-bond acceptors (Lipinski definition) is 4.